The van der Waals surface area contributed by atoms with E-state index in [9.17, 15) is 36.3 Å². The van der Waals surface area contributed by atoms with Crippen LogP contribution in [0, 0.1) is 0 Å². The second kappa shape index (κ2) is 8.45. The highest BCUT2D eigenvalue weighted by atomic mass is 32.2. The summed E-state index contributed by atoms with van der Waals surface area (Å²) in [5.74, 6) is -1.10. The van der Waals surface area contributed by atoms with Gasteiger partial charge in [-0.05, 0) is 47.9 Å². The predicted molar refractivity (Wildman–Crippen MR) is 114 cm³/mol. The van der Waals surface area contributed by atoms with Gasteiger partial charge < -0.3 is 15.3 Å². The molecule has 0 radical (unpaired) electrons. The summed E-state index contributed by atoms with van der Waals surface area (Å²) in [5, 5.41) is 12.3. The summed E-state index contributed by atoms with van der Waals surface area (Å²) in [5.41, 5.74) is -2.29. The minimum absolute atomic E-state index is 0.0449. The Kier molecular flexibility index (Phi) is 6.33. The van der Waals surface area contributed by atoms with Gasteiger partial charge in [-0.25, -0.2) is 8.42 Å². The van der Waals surface area contributed by atoms with Gasteiger partial charge in [0.15, 0.2) is 15.4 Å². The van der Waals surface area contributed by atoms with Crippen molar-refractivity contribution in [1.82, 2.24) is 4.90 Å². The highest BCUT2D eigenvalue weighted by Gasteiger charge is 2.51. The summed E-state index contributed by atoms with van der Waals surface area (Å²) in [6.45, 7) is 3.47. The normalized spacial score (nSPS) is 17.9. The van der Waals surface area contributed by atoms with Crippen molar-refractivity contribution in [3.8, 4) is 0 Å². The summed E-state index contributed by atoms with van der Waals surface area (Å²) >= 11 is 0. The summed E-state index contributed by atoms with van der Waals surface area (Å²) < 4.78 is 63.4. The Bertz CT molecular complexity index is 1190. The lowest BCUT2D eigenvalue weighted by Gasteiger charge is -2.27. The van der Waals surface area contributed by atoms with Gasteiger partial charge in [0.2, 0.25) is 5.91 Å². The smallest absolute Gasteiger partial charge is 0.376 e. The largest absolute Gasteiger partial charge is 0.421 e. The predicted octanol–water partition coefficient (Wildman–Crippen LogP) is 3.29. The van der Waals surface area contributed by atoms with Crippen LogP contribution in [0.1, 0.15) is 43.5 Å². The van der Waals surface area contributed by atoms with Gasteiger partial charge in [-0.3, -0.25) is 9.59 Å². The van der Waals surface area contributed by atoms with E-state index in [4.69, 9.17) is 0 Å². The zero-order valence-electron chi connectivity index (χ0n) is 18.1. The van der Waals surface area contributed by atoms with Gasteiger partial charge >= 0.3 is 6.18 Å². The van der Waals surface area contributed by atoms with Crippen molar-refractivity contribution >= 4 is 27.3 Å². The molecule has 0 bridgehead atoms. The monoisotopic (exact) mass is 484 g/mol. The van der Waals surface area contributed by atoms with Crippen LogP contribution in [0.4, 0.5) is 18.9 Å². The third-order valence-corrected chi connectivity index (χ3v) is 7.45. The minimum atomic E-state index is -4.88. The van der Waals surface area contributed by atoms with E-state index in [1.165, 1.54) is 49.1 Å². The molecule has 0 saturated carbocycles. The molecule has 0 saturated heterocycles. The Hall–Kier alpha value is -2.92. The topological polar surface area (TPSA) is 104 Å². The van der Waals surface area contributed by atoms with Crippen LogP contribution >= 0.6 is 0 Å². The molecule has 178 valence electrons. The van der Waals surface area contributed by atoms with E-state index >= 15 is 0 Å². The van der Waals surface area contributed by atoms with Crippen molar-refractivity contribution in [2.75, 3.05) is 11.1 Å². The zero-order valence-corrected chi connectivity index (χ0v) is 18.9. The first-order chi connectivity index (χ1) is 15.2. The second-order valence-electron chi connectivity index (χ2n) is 7.95. The number of hydrogen-bond acceptors (Lipinski definition) is 5. The van der Waals surface area contributed by atoms with Crippen molar-refractivity contribution in [2.45, 2.75) is 50.0 Å². The first-order valence-electron chi connectivity index (χ1n) is 10.0. The third-order valence-electron chi connectivity index (χ3n) is 5.72. The molecule has 2 amide bonds. The molecule has 11 heteroatoms. The molecule has 33 heavy (non-hydrogen) atoms. The fourth-order valence-corrected chi connectivity index (χ4v) is 4.55. The maximum atomic E-state index is 13.0. The number of fused-ring (bicyclic) bond motifs is 1. The summed E-state index contributed by atoms with van der Waals surface area (Å²) in [6.07, 6.45) is -4.88. The van der Waals surface area contributed by atoms with Crippen LogP contribution in [0.15, 0.2) is 47.4 Å². The van der Waals surface area contributed by atoms with Crippen molar-refractivity contribution in [3.63, 3.8) is 0 Å². The van der Waals surface area contributed by atoms with Gasteiger partial charge in [0.1, 0.15) is 6.04 Å². The number of nitrogens with one attached hydrogen (secondary N) is 1. The van der Waals surface area contributed by atoms with Gasteiger partial charge in [-0.15, -0.1) is 0 Å². The molecule has 0 spiro atoms. The molecule has 3 rings (SSSR count). The van der Waals surface area contributed by atoms with Crippen LogP contribution in [-0.4, -0.2) is 42.2 Å². The van der Waals surface area contributed by atoms with Crippen LogP contribution in [0.25, 0.3) is 0 Å². The number of benzene rings is 2. The van der Waals surface area contributed by atoms with Crippen LogP contribution < -0.4 is 5.32 Å². The average molecular weight is 484 g/mol. The van der Waals surface area contributed by atoms with Gasteiger partial charge in [-0.1, -0.05) is 25.1 Å². The molecule has 1 aliphatic rings. The van der Waals surface area contributed by atoms with Crippen molar-refractivity contribution in [1.29, 1.82) is 0 Å². The molecular weight excluding hydrogens is 461 g/mol. The number of halogens is 3. The Morgan fingerprint density at radius 2 is 1.76 bits per heavy atom. The van der Waals surface area contributed by atoms with E-state index in [2.05, 4.69) is 5.32 Å². The van der Waals surface area contributed by atoms with Gasteiger partial charge in [0.25, 0.3) is 5.91 Å². The van der Waals surface area contributed by atoms with E-state index in [1.807, 2.05) is 0 Å². The number of carbonyl (C=O) groups excluding carboxylic acids is 2. The number of sulfone groups is 1. The highest BCUT2D eigenvalue weighted by molar-refractivity contribution is 7.91. The van der Waals surface area contributed by atoms with Crippen molar-refractivity contribution < 1.29 is 36.3 Å². The standard InChI is InChI=1S/C22H23F3N2O5S/c1-4-33(31,32)17-9-10-18-14(11-17)12-27(13(2)28)19(18)20(29)26-16-7-5-15(6-8-16)21(3,30)22(23,24)25/h5-11,19,30H,4,12H2,1-3H3,(H,26,29). The number of alkyl halides is 3. The molecule has 2 aromatic rings. The van der Waals surface area contributed by atoms with E-state index in [-0.39, 0.29) is 22.9 Å². The molecule has 2 N–H and O–H groups in total. The Balaban J connectivity index is 1.88. The molecule has 2 aromatic carbocycles. The number of rotatable bonds is 5. The summed E-state index contributed by atoms with van der Waals surface area (Å²) in [7, 11) is -3.48. The average Bonchev–Trinajstić information content (AvgIpc) is 3.12. The molecule has 0 aliphatic carbocycles. The number of hydrogen-bond donors (Lipinski definition) is 2. The minimum Gasteiger partial charge on any atom is -0.376 e. The van der Waals surface area contributed by atoms with E-state index < -0.39 is 45.0 Å². The molecule has 7 nitrogen and oxygen atoms in total. The highest BCUT2D eigenvalue weighted by Crippen LogP contribution is 2.39. The molecule has 2 atom stereocenters. The Morgan fingerprint density at radius 1 is 1.15 bits per heavy atom. The number of amides is 2. The molecule has 0 fully saturated rings. The number of aliphatic hydroxyl groups is 1. The van der Waals surface area contributed by atoms with Crippen LogP contribution in [0.2, 0.25) is 0 Å². The fourth-order valence-electron chi connectivity index (χ4n) is 3.62. The summed E-state index contributed by atoms with van der Waals surface area (Å²) in [4.78, 5) is 26.6. The van der Waals surface area contributed by atoms with Crippen LogP contribution in [0.3, 0.4) is 0 Å². The van der Waals surface area contributed by atoms with Crippen molar-refractivity contribution in [2.24, 2.45) is 0 Å². The number of carbonyl (C=O) groups is 2. The number of nitrogens with zero attached hydrogens (tertiary/aromatic N) is 1. The van der Waals surface area contributed by atoms with Gasteiger partial charge in [0.05, 0.1) is 10.6 Å². The first kappa shape index (κ1) is 24.7. The fraction of sp³-hybridized carbons (Fsp3) is 0.364. The lowest BCUT2D eigenvalue weighted by molar-refractivity contribution is -0.258. The molecule has 0 aromatic heterocycles. The Morgan fingerprint density at radius 3 is 2.27 bits per heavy atom. The lowest BCUT2D eigenvalue weighted by Crippen LogP contribution is -2.39. The SMILES string of the molecule is CCS(=O)(=O)c1ccc2c(c1)CN(C(C)=O)C2C(=O)Nc1ccc(C(C)(O)C(F)(F)F)cc1. The van der Waals surface area contributed by atoms with E-state index in [1.54, 1.807) is 0 Å². The maximum absolute atomic E-state index is 13.0. The molecule has 1 heterocycles. The lowest BCUT2D eigenvalue weighted by atomic mass is 9.95. The zero-order chi connectivity index (χ0) is 24.8. The Labute approximate surface area is 189 Å². The summed E-state index contributed by atoms with van der Waals surface area (Å²) in [6, 6.07) is 7.84. The molecular formula is C22H23F3N2O5S. The van der Waals surface area contributed by atoms with E-state index in [0.717, 1.165) is 12.1 Å². The van der Waals surface area contributed by atoms with Crippen LogP contribution in [-0.2, 0) is 31.6 Å². The molecule has 1 aliphatic heterocycles. The third kappa shape index (κ3) is 4.60. The second-order valence-corrected chi connectivity index (χ2v) is 10.2. The maximum Gasteiger partial charge on any atom is 0.421 e. The van der Waals surface area contributed by atoms with Gasteiger partial charge in [-0.2, -0.15) is 13.2 Å². The quantitative estimate of drug-likeness (QED) is 0.678. The number of anilines is 1. The van der Waals surface area contributed by atoms with Crippen molar-refractivity contribution in [3.05, 3.63) is 59.2 Å². The van der Waals surface area contributed by atoms with E-state index in [0.29, 0.717) is 18.1 Å². The van der Waals surface area contributed by atoms with Crippen LogP contribution in [0.5, 0.6) is 0 Å². The van der Waals surface area contributed by atoms with Gasteiger partial charge in [0, 0.05) is 19.2 Å². The molecule has 2 unspecified atom stereocenters. The first-order valence-corrected chi connectivity index (χ1v) is 11.7.